The van der Waals surface area contributed by atoms with Crippen LogP contribution in [0.3, 0.4) is 0 Å². The first-order valence-electron chi connectivity index (χ1n) is 6.21. The van der Waals surface area contributed by atoms with Crippen molar-refractivity contribution in [3.63, 3.8) is 0 Å². The molecule has 0 aromatic heterocycles. The third-order valence-electron chi connectivity index (χ3n) is 3.47. The van der Waals surface area contributed by atoms with Crippen molar-refractivity contribution in [3.8, 4) is 0 Å². The van der Waals surface area contributed by atoms with Crippen molar-refractivity contribution in [2.75, 3.05) is 17.2 Å². The molecule has 2 nitrogen and oxygen atoms in total. The lowest BCUT2D eigenvalue weighted by atomic mass is 10.1. The number of anilines is 2. The second kappa shape index (κ2) is 4.74. The topological polar surface area (TPSA) is 29.3 Å². The van der Waals surface area contributed by atoms with Crippen molar-refractivity contribution < 1.29 is 4.39 Å². The lowest BCUT2D eigenvalue weighted by molar-refractivity contribution is 0.606. The van der Waals surface area contributed by atoms with Crippen molar-refractivity contribution in [2.45, 2.75) is 13.0 Å². The van der Waals surface area contributed by atoms with E-state index >= 15 is 0 Å². The Morgan fingerprint density at radius 3 is 2.89 bits per heavy atom. The van der Waals surface area contributed by atoms with Gasteiger partial charge in [-0.25, -0.2) is 4.39 Å². The molecule has 3 rings (SSSR count). The highest BCUT2D eigenvalue weighted by molar-refractivity contribution is 6.30. The van der Waals surface area contributed by atoms with Gasteiger partial charge < -0.3 is 10.6 Å². The Kier molecular flexibility index (Phi) is 3.07. The third-order valence-corrected chi connectivity index (χ3v) is 3.71. The lowest BCUT2D eigenvalue weighted by Gasteiger charge is -2.20. The van der Waals surface area contributed by atoms with Crippen molar-refractivity contribution in [1.82, 2.24) is 0 Å². The molecule has 0 saturated heterocycles. The van der Waals surface area contributed by atoms with E-state index in [-0.39, 0.29) is 5.82 Å². The minimum atomic E-state index is -0.221. The number of fused-ring (bicyclic) bond motifs is 1. The summed E-state index contributed by atoms with van der Waals surface area (Å²) in [5, 5.41) is 0.559. The Labute approximate surface area is 116 Å². The largest absolute Gasteiger partial charge is 0.399 e. The number of nitrogens with two attached hydrogens (primary N) is 1. The highest BCUT2D eigenvalue weighted by Crippen LogP contribution is 2.31. The predicted molar refractivity (Wildman–Crippen MR) is 77.0 cm³/mol. The Morgan fingerprint density at radius 2 is 2.05 bits per heavy atom. The van der Waals surface area contributed by atoms with Crippen molar-refractivity contribution >= 4 is 23.0 Å². The third kappa shape index (κ3) is 2.38. The number of hydrogen-bond donors (Lipinski definition) is 1. The lowest BCUT2D eigenvalue weighted by Crippen LogP contribution is -2.20. The second-order valence-corrected chi connectivity index (χ2v) is 5.23. The van der Waals surface area contributed by atoms with Crippen LogP contribution in [0.5, 0.6) is 0 Å². The van der Waals surface area contributed by atoms with E-state index in [0.29, 0.717) is 17.1 Å². The van der Waals surface area contributed by atoms with Gasteiger partial charge in [-0.2, -0.15) is 0 Å². The molecule has 0 atom stereocenters. The molecule has 2 N–H and O–H groups in total. The first-order chi connectivity index (χ1) is 9.13. The zero-order valence-electron chi connectivity index (χ0n) is 10.4. The number of rotatable bonds is 2. The Hall–Kier alpha value is -1.74. The summed E-state index contributed by atoms with van der Waals surface area (Å²) in [6.45, 7) is 1.40. The van der Waals surface area contributed by atoms with Gasteiger partial charge in [0, 0.05) is 35.1 Å². The van der Waals surface area contributed by atoms with Crippen LogP contribution < -0.4 is 10.6 Å². The molecule has 1 aliphatic rings. The standard InChI is InChI=1S/C15H14ClFN2/c16-12-2-4-14(17)11(7-12)9-19-6-5-10-1-3-13(18)8-15(10)19/h1-4,7-8H,5-6,9,18H2. The van der Waals surface area contributed by atoms with Crippen LogP contribution in [0.15, 0.2) is 36.4 Å². The zero-order chi connectivity index (χ0) is 13.4. The molecule has 98 valence electrons. The molecule has 0 amide bonds. The second-order valence-electron chi connectivity index (χ2n) is 4.80. The van der Waals surface area contributed by atoms with Crippen molar-refractivity contribution in [1.29, 1.82) is 0 Å². The monoisotopic (exact) mass is 276 g/mol. The number of nitrogens with zero attached hydrogens (tertiary/aromatic N) is 1. The van der Waals surface area contributed by atoms with Gasteiger partial charge in [-0.1, -0.05) is 17.7 Å². The SMILES string of the molecule is Nc1ccc2c(c1)N(Cc1cc(Cl)ccc1F)CC2. The van der Waals surface area contributed by atoms with Gasteiger partial charge in [0.15, 0.2) is 0 Å². The summed E-state index contributed by atoms with van der Waals surface area (Å²) >= 11 is 5.92. The summed E-state index contributed by atoms with van der Waals surface area (Å²) < 4.78 is 13.8. The predicted octanol–water partition coefficient (Wildman–Crippen LogP) is 3.62. The summed E-state index contributed by atoms with van der Waals surface area (Å²) in [7, 11) is 0. The van der Waals surface area contributed by atoms with Crippen LogP contribution in [0.4, 0.5) is 15.8 Å². The van der Waals surface area contributed by atoms with Gasteiger partial charge in [-0.05, 0) is 42.3 Å². The average molecular weight is 277 g/mol. The fourth-order valence-corrected chi connectivity index (χ4v) is 2.69. The van der Waals surface area contributed by atoms with E-state index in [1.54, 1.807) is 12.1 Å². The smallest absolute Gasteiger partial charge is 0.128 e. The van der Waals surface area contributed by atoms with Crippen molar-refractivity contribution in [2.24, 2.45) is 0 Å². The molecular weight excluding hydrogens is 263 g/mol. The van der Waals surface area contributed by atoms with E-state index in [1.165, 1.54) is 11.6 Å². The van der Waals surface area contributed by atoms with E-state index in [0.717, 1.165) is 24.3 Å². The van der Waals surface area contributed by atoms with E-state index in [4.69, 9.17) is 17.3 Å². The van der Waals surface area contributed by atoms with Crippen molar-refractivity contribution in [3.05, 3.63) is 58.4 Å². The Bertz CT molecular complexity index is 628. The molecule has 2 aromatic carbocycles. The van der Waals surface area contributed by atoms with E-state index in [2.05, 4.69) is 4.90 Å². The van der Waals surface area contributed by atoms with Gasteiger partial charge in [0.25, 0.3) is 0 Å². The van der Waals surface area contributed by atoms with Crippen LogP contribution in [0.1, 0.15) is 11.1 Å². The summed E-state index contributed by atoms with van der Waals surface area (Å²) in [4.78, 5) is 2.14. The quantitative estimate of drug-likeness (QED) is 0.849. The summed E-state index contributed by atoms with van der Waals surface area (Å²) in [6.07, 6.45) is 0.970. The number of hydrogen-bond acceptors (Lipinski definition) is 2. The first kappa shape index (κ1) is 12.3. The molecule has 1 aliphatic heterocycles. The van der Waals surface area contributed by atoms with E-state index < -0.39 is 0 Å². The molecule has 1 heterocycles. The fourth-order valence-electron chi connectivity index (χ4n) is 2.50. The van der Waals surface area contributed by atoms with Crippen LogP contribution in [0.25, 0.3) is 0 Å². The van der Waals surface area contributed by atoms with Gasteiger partial charge in [-0.15, -0.1) is 0 Å². The molecule has 0 bridgehead atoms. The van der Waals surface area contributed by atoms with Gasteiger partial charge in [0.2, 0.25) is 0 Å². The summed E-state index contributed by atoms with van der Waals surface area (Å²) in [5.74, 6) is -0.221. The highest BCUT2D eigenvalue weighted by atomic mass is 35.5. The molecule has 19 heavy (non-hydrogen) atoms. The normalized spacial score (nSPS) is 13.7. The van der Waals surface area contributed by atoms with Gasteiger partial charge in [0.05, 0.1) is 0 Å². The molecule has 0 radical (unpaired) electrons. The fraction of sp³-hybridized carbons (Fsp3) is 0.200. The van der Waals surface area contributed by atoms with Crippen LogP contribution >= 0.6 is 11.6 Å². The minimum absolute atomic E-state index is 0.221. The Balaban J connectivity index is 1.90. The van der Waals surface area contributed by atoms with Gasteiger partial charge >= 0.3 is 0 Å². The van der Waals surface area contributed by atoms with Crippen LogP contribution in [-0.4, -0.2) is 6.54 Å². The maximum Gasteiger partial charge on any atom is 0.128 e. The van der Waals surface area contributed by atoms with E-state index in [1.807, 2.05) is 18.2 Å². The van der Waals surface area contributed by atoms with Crippen LogP contribution in [0, 0.1) is 5.82 Å². The van der Waals surface area contributed by atoms with Gasteiger partial charge in [0.1, 0.15) is 5.82 Å². The molecular formula is C15H14ClFN2. The van der Waals surface area contributed by atoms with Crippen LogP contribution in [-0.2, 0) is 13.0 Å². The number of nitrogen functional groups attached to an aromatic ring is 1. The van der Waals surface area contributed by atoms with E-state index in [9.17, 15) is 4.39 Å². The zero-order valence-corrected chi connectivity index (χ0v) is 11.1. The molecule has 0 unspecified atom stereocenters. The molecule has 0 fully saturated rings. The Morgan fingerprint density at radius 1 is 1.21 bits per heavy atom. The highest BCUT2D eigenvalue weighted by Gasteiger charge is 2.20. The first-order valence-corrected chi connectivity index (χ1v) is 6.58. The average Bonchev–Trinajstić information content (AvgIpc) is 2.77. The maximum atomic E-state index is 13.8. The van der Waals surface area contributed by atoms with Gasteiger partial charge in [-0.3, -0.25) is 0 Å². The molecule has 0 saturated carbocycles. The molecule has 0 aliphatic carbocycles. The number of halogens is 2. The maximum absolute atomic E-state index is 13.8. The van der Waals surface area contributed by atoms with Crippen LogP contribution in [0.2, 0.25) is 5.02 Å². The summed E-state index contributed by atoms with van der Waals surface area (Å²) in [6, 6.07) is 10.6. The molecule has 4 heteroatoms. The molecule has 0 spiro atoms. The number of benzene rings is 2. The molecule has 2 aromatic rings. The minimum Gasteiger partial charge on any atom is -0.399 e. The summed E-state index contributed by atoms with van der Waals surface area (Å²) in [5.41, 5.74) is 9.52.